The lowest BCUT2D eigenvalue weighted by molar-refractivity contribution is 0.199. The van der Waals surface area contributed by atoms with Gasteiger partial charge in [0.25, 0.3) is 0 Å². The second-order valence-electron chi connectivity index (χ2n) is 6.03. The first-order valence-corrected chi connectivity index (χ1v) is 8.30. The first kappa shape index (κ1) is 13.5. The van der Waals surface area contributed by atoms with E-state index in [4.69, 9.17) is 9.72 Å². The molecule has 2 aliphatic rings. The zero-order valence-electron chi connectivity index (χ0n) is 11.8. The summed E-state index contributed by atoms with van der Waals surface area (Å²) in [5.74, 6) is 0. The Hall–Kier alpha value is -0.450. The van der Waals surface area contributed by atoms with Crippen molar-refractivity contribution in [2.24, 2.45) is 5.41 Å². The van der Waals surface area contributed by atoms with E-state index >= 15 is 0 Å². The van der Waals surface area contributed by atoms with E-state index in [1.807, 2.05) is 11.3 Å². The summed E-state index contributed by atoms with van der Waals surface area (Å²) < 4.78 is 5.04. The van der Waals surface area contributed by atoms with Gasteiger partial charge in [0.1, 0.15) is 5.01 Å². The number of methoxy groups -OCH3 is 1. The monoisotopic (exact) mass is 280 g/mol. The van der Waals surface area contributed by atoms with Crippen LogP contribution in [0.15, 0.2) is 0 Å². The van der Waals surface area contributed by atoms with Crippen molar-refractivity contribution < 1.29 is 4.74 Å². The molecule has 0 saturated heterocycles. The van der Waals surface area contributed by atoms with Gasteiger partial charge in [-0.05, 0) is 37.5 Å². The van der Waals surface area contributed by atoms with Crippen LogP contribution < -0.4 is 5.32 Å². The van der Waals surface area contributed by atoms with Crippen molar-refractivity contribution in [1.82, 2.24) is 10.3 Å². The fourth-order valence-electron chi connectivity index (χ4n) is 3.58. The summed E-state index contributed by atoms with van der Waals surface area (Å²) in [6.45, 7) is 2.58. The second-order valence-corrected chi connectivity index (χ2v) is 7.20. The first-order chi connectivity index (χ1) is 9.31. The summed E-state index contributed by atoms with van der Waals surface area (Å²) in [4.78, 5) is 6.40. The first-order valence-electron chi connectivity index (χ1n) is 7.48. The topological polar surface area (TPSA) is 34.1 Å². The fourth-order valence-corrected chi connectivity index (χ4v) is 4.84. The number of aromatic nitrogens is 1. The Balaban J connectivity index is 1.60. The van der Waals surface area contributed by atoms with Crippen LogP contribution in [0.3, 0.4) is 0 Å². The largest absolute Gasteiger partial charge is 0.383 e. The van der Waals surface area contributed by atoms with Gasteiger partial charge >= 0.3 is 0 Å². The van der Waals surface area contributed by atoms with Crippen molar-refractivity contribution in [3.8, 4) is 0 Å². The van der Waals surface area contributed by atoms with Crippen molar-refractivity contribution in [1.29, 1.82) is 0 Å². The third-order valence-corrected chi connectivity index (χ3v) is 5.77. The van der Waals surface area contributed by atoms with E-state index in [0.717, 1.165) is 19.7 Å². The minimum absolute atomic E-state index is 0.653. The molecule has 4 heteroatoms. The average Bonchev–Trinajstić information content (AvgIpc) is 3.02. The molecule has 1 saturated carbocycles. The number of nitrogens with one attached hydrogen (secondary N) is 1. The highest BCUT2D eigenvalue weighted by atomic mass is 32.1. The van der Waals surface area contributed by atoms with E-state index in [1.165, 1.54) is 55.6 Å². The maximum Gasteiger partial charge on any atom is 0.107 e. The molecular formula is C15H24N2OS. The van der Waals surface area contributed by atoms with E-state index < -0.39 is 0 Å². The highest BCUT2D eigenvalue weighted by molar-refractivity contribution is 7.11. The van der Waals surface area contributed by atoms with Crippen molar-refractivity contribution in [2.75, 3.05) is 20.3 Å². The van der Waals surface area contributed by atoms with Crippen LogP contribution in [0.1, 0.15) is 47.7 Å². The lowest BCUT2D eigenvalue weighted by Crippen LogP contribution is -2.24. The summed E-state index contributed by atoms with van der Waals surface area (Å²) >= 11 is 1.94. The molecule has 1 aromatic heterocycles. The van der Waals surface area contributed by atoms with Crippen molar-refractivity contribution in [3.63, 3.8) is 0 Å². The van der Waals surface area contributed by atoms with Crippen LogP contribution in [-0.4, -0.2) is 25.2 Å². The van der Waals surface area contributed by atoms with Crippen molar-refractivity contribution >= 4 is 11.3 Å². The number of nitrogens with zero attached hydrogens (tertiary/aromatic N) is 1. The predicted octanol–water partition coefficient (Wildman–Crippen LogP) is 2.93. The van der Waals surface area contributed by atoms with Gasteiger partial charge in [-0.15, -0.1) is 11.3 Å². The Morgan fingerprint density at radius 2 is 2.16 bits per heavy atom. The van der Waals surface area contributed by atoms with Crippen LogP contribution in [0.4, 0.5) is 0 Å². The summed E-state index contributed by atoms with van der Waals surface area (Å²) in [5.41, 5.74) is 2.05. The molecule has 0 bridgehead atoms. The van der Waals surface area contributed by atoms with Gasteiger partial charge in [0, 0.05) is 25.1 Å². The van der Waals surface area contributed by atoms with Crippen molar-refractivity contribution in [2.45, 2.75) is 51.5 Å². The molecule has 0 radical (unpaired) electrons. The molecule has 0 aliphatic heterocycles. The molecule has 0 atom stereocenters. The lowest BCUT2D eigenvalue weighted by Gasteiger charge is -2.32. The van der Waals surface area contributed by atoms with E-state index in [9.17, 15) is 0 Å². The van der Waals surface area contributed by atoms with Gasteiger partial charge < -0.3 is 10.1 Å². The molecule has 1 N–H and O–H groups in total. The number of rotatable bonds is 5. The quantitative estimate of drug-likeness (QED) is 0.842. The second kappa shape index (κ2) is 5.90. The molecule has 0 aromatic carbocycles. The number of thiazole rings is 1. The number of ether oxygens (including phenoxy) is 1. The smallest absolute Gasteiger partial charge is 0.107 e. The van der Waals surface area contributed by atoms with Crippen LogP contribution in [0.2, 0.25) is 0 Å². The van der Waals surface area contributed by atoms with Crippen LogP contribution in [-0.2, 0) is 24.1 Å². The van der Waals surface area contributed by atoms with E-state index in [-0.39, 0.29) is 0 Å². The van der Waals surface area contributed by atoms with Crippen LogP contribution in [0, 0.1) is 5.41 Å². The molecule has 19 heavy (non-hydrogen) atoms. The van der Waals surface area contributed by atoms with Gasteiger partial charge in [-0.1, -0.05) is 12.8 Å². The molecule has 1 heterocycles. The summed E-state index contributed by atoms with van der Waals surface area (Å²) in [6.07, 6.45) is 9.68. The fraction of sp³-hybridized carbons (Fsp3) is 0.800. The van der Waals surface area contributed by atoms with Crippen LogP contribution in [0.5, 0.6) is 0 Å². The predicted molar refractivity (Wildman–Crippen MR) is 78.6 cm³/mol. The minimum Gasteiger partial charge on any atom is -0.383 e. The Morgan fingerprint density at radius 1 is 1.32 bits per heavy atom. The average molecular weight is 280 g/mol. The summed E-state index contributed by atoms with van der Waals surface area (Å²) in [7, 11) is 1.74. The van der Waals surface area contributed by atoms with Crippen molar-refractivity contribution in [3.05, 3.63) is 15.6 Å². The molecule has 106 valence electrons. The maximum atomic E-state index is 5.04. The lowest BCUT2D eigenvalue weighted by atomic mass is 9.74. The number of aryl methyl sites for hydroxylation is 1. The summed E-state index contributed by atoms with van der Waals surface area (Å²) in [5, 5.41) is 4.66. The molecule has 2 aliphatic carbocycles. The molecule has 0 unspecified atom stereocenters. The van der Waals surface area contributed by atoms with Crippen LogP contribution >= 0.6 is 11.3 Å². The van der Waals surface area contributed by atoms with Gasteiger partial charge in [0.05, 0.1) is 12.3 Å². The third kappa shape index (κ3) is 3.01. The van der Waals surface area contributed by atoms with Gasteiger partial charge in [0.2, 0.25) is 0 Å². The Bertz CT molecular complexity index is 424. The zero-order chi connectivity index (χ0) is 13.1. The molecule has 0 amide bonds. The Morgan fingerprint density at radius 3 is 2.95 bits per heavy atom. The molecule has 3 rings (SSSR count). The normalized spacial score (nSPS) is 20.9. The molecular weight excluding hydrogens is 256 g/mol. The number of hydrogen-bond donors (Lipinski definition) is 1. The Labute approximate surface area is 119 Å². The highest BCUT2D eigenvalue weighted by Crippen LogP contribution is 2.48. The minimum atomic E-state index is 0.653. The van der Waals surface area contributed by atoms with Crippen LogP contribution in [0.25, 0.3) is 0 Å². The third-order valence-electron chi connectivity index (χ3n) is 4.67. The standard InChI is InChI=1S/C15H24N2OS/c1-18-9-8-16-11-14-17-12-4-7-15(5-2-3-6-15)10-13(12)19-14/h16H,2-11H2,1H3. The van der Waals surface area contributed by atoms with Gasteiger partial charge in [-0.2, -0.15) is 0 Å². The molecule has 1 aromatic rings. The van der Waals surface area contributed by atoms with Gasteiger partial charge in [-0.3, -0.25) is 0 Å². The number of fused-ring (bicyclic) bond motifs is 1. The molecule has 1 spiro atoms. The number of hydrogen-bond acceptors (Lipinski definition) is 4. The van der Waals surface area contributed by atoms with E-state index in [2.05, 4.69) is 5.32 Å². The van der Waals surface area contributed by atoms with Gasteiger partial charge in [0.15, 0.2) is 0 Å². The highest BCUT2D eigenvalue weighted by Gasteiger charge is 2.38. The maximum absolute atomic E-state index is 5.04. The Kier molecular flexibility index (Phi) is 4.20. The summed E-state index contributed by atoms with van der Waals surface area (Å²) in [6, 6.07) is 0. The van der Waals surface area contributed by atoms with E-state index in [1.54, 1.807) is 12.0 Å². The van der Waals surface area contributed by atoms with Gasteiger partial charge in [-0.25, -0.2) is 4.98 Å². The zero-order valence-corrected chi connectivity index (χ0v) is 12.7. The molecule has 1 fully saturated rings. The van der Waals surface area contributed by atoms with E-state index in [0.29, 0.717) is 5.41 Å². The SMILES string of the molecule is COCCNCc1nc2c(s1)CC1(CCCC1)CC2. The molecule has 3 nitrogen and oxygen atoms in total.